The van der Waals surface area contributed by atoms with Gasteiger partial charge >= 0.3 is 3.98 Å². The number of halogens is 1. The zero-order valence-corrected chi connectivity index (χ0v) is 9.71. The Morgan fingerprint density at radius 2 is 2.09 bits per heavy atom. The van der Waals surface area contributed by atoms with Crippen LogP contribution in [0.25, 0.3) is 0 Å². The molecule has 0 heterocycles. The fraction of sp³-hybridized carbons (Fsp3) is 0.800. The average molecular weight is 302 g/mol. The largest absolute Gasteiger partial charge is 0.457 e. The van der Waals surface area contributed by atoms with Crippen LogP contribution in [-0.2, 0) is 4.74 Å². The quantitative estimate of drug-likeness (QED) is 0.248. The van der Waals surface area contributed by atoms with Crippen LogP contribution in [0.3, 0.4) is 0 Å². The van der Waals surface area contributed by atoms with E-state index in [1.807, 2.05) is 0 Å². The molecule has 2 radical (unpaired) electrons. The summed E-state index contributed by atoms with van der Waals surface area (Å²) in [7, 11) is 8.65. The molecule has 0 amide bonds. The molecule has 0 aliphatic heterocycles. The van der Waals surface area contributed by atoms with Crippen LogP contribution in [0.5, 0.6) is 0 Å². The van der Waals surface area contributed by atoms with Gasteiger partial charge in [-0.25, -0.2) is 4.79 Å². The van der Waals surface area contributed by atoms with Crippen molar-refractivity contribution in [3.05, 3.63) is 0 Å². The second-order valence-electron chi connectivity index (χ2n) is 1.52. The van der Waals surface area contributed by atoms with E-state index >= 15 is 0 Å². The normalized spacial score (nSPS) is 9.55. The number of hydrogen-bond donors (Lipinski definition) is 0. The lowest BCUT2D eigenvalue weighted by Gasteiger charge is -1.99. The standard InChI is InChI=1S/C5H8BIO2S2/c6-1-3-10-11-4-2-9-5(7)8/h1-4H2. The smallest absolute Gasteiger partial charge is 0.367 e. The molecule has 6 heteroatoms. The van der Waals surface area contributed by atoms with Crippen molar-refractivity contribution in [1.29, 1.82) is 0 Å². The second-order valence-corrected chi connectivity index (χ2v) is 5.10. The van der Waals surface area contributed by atoms with Crippen LogP contribution in [0.2, 0.25) is 6.32 Å². The van der Waals surface area contributed by atoms with E-state index in [1.54, 1.807) is 44.2 Å². The first kappa shape index (κ1) is 12.0. The van der Waals surface area contributed by atoms with Gasteiger partial charge in [0.25, 0.3) is 0 Å². The zero-order chi connectivity index (χ0) is 8.53. The number of rotatable bonds is 6. The van der Waals surface area contributed by atoms with Crippen molar-refractivity contribution < 1.29 is 9.53 Å². The maximum Gasteiger partial charge on any atom is 0.367 e. The number of hydrogen-bond acceptors (Lipinski definition) is 4. The molecule has 0 aromatic heterocycles. The molecular formula is C5H8BIO2S2. The van der Waals surface area contributed by atoms with E-state index in [4.69, 9.17) is 12.6 Å². The van der Waals surface area contributed by atoms with Gasteiger partial charge in [0, 0.05) is 5.75 Å². The Hall–Kier alpha value is 0.965. The van der Waals surface area contributed by atoms with Gasteiger partial charge in [0.1, 0.15) is 6.61 Å². The van der Waals surface area contributed by atoms with Crippen LogP contribution in [0.15, 0.2) is 0 Å². The van der Waals surface area contributed by atoms with E-state index in [-0.39, 0.29) is 3.98 Å². The van der Waals surface area contributed by atoms with Crippen LogP contribution in [0.1, 0.15) is 0 Å². The summed E-state index contributed by atoms with van der Waals surface area (Å²) in [5.74, 6) is 1.78. The molecule has 0 unspecified atom stereocenters. The molecule has 0 aromatic carbocycles. The molecule has 0 saturated heterocycles. The fourth-order valence-electron chi connectivity index (χ4n) is 0.322. The molecule has 0 spiro atoms. The summed E-state index contributed by atoms with van der Waals surface area (Å²) < 4.78 is 4.46. The lowest BCUT2D eigenvalue weighted by atomic mass is 10.1. The Labute approximate surface area is 89.5 Å². The first-order chi connectivity index (χ1) is 5.27. The van der Waals surface area contributed by atoms with Crippen molar-refractivity contribution in [2.45, 2.75) is 6.32 Å². The second kappa shape index (κ2) is 9.06. The Bertz CT molecular complexity index is 115. The third kappa shape index (κ3) is 11.0. The monoisotopic (exact) mass is 302 g/mol. The highest BCUT2D eigenvalue weighted by Gasteiger charge is 1.93. The Balaban J connectivity index is 2.85. The van der Waals surface area contributed by atoms with E-state index in [0.29, 0.717) is 12.9 Å². The van der Waals surface area contributed by atoms with Gasteiger partial charge in [0.2, 0.25) is 0 Å². The molecule has 0 bridgehead atoms. The van der Waals surface area contributed by atoms with Gasteiger partial charge < -0.3 is 4.74 Å². The number of ether oxygens (including phenoxy) is 1. The Morgan fingerprint density at radius 1 is 1.45 bits per heavy atom. The predicted molar refractivity (Wildman–Crippen MR) is 60.8 cm³/mol. The first-order valence-electron chi connectivity index (χ1n) is 3.04. The molecule has 0 rings (SSSR count). The lowest BCUT2D eigenvalue weighted by Crippen LogP contribution is -1.97. The summed E-state index contributed by atoms with van der Waals surface area (Å²) in [5.41, 5.74) is 0. The molecule has 11 heavy (non-hydrogen) atoms. The maximum absolute atomic E-state index is 10.3. The van der Waals surface area contributed by atoms with Gasteiger partial charge in [-0.15, -0.1) is 0 Å². The highest BCUT2D eigenvalue weighted by atomic mass is 127. The molecular weight excluding hydrogens is 294 g/mol. The van der Waals surface area contributed by atoms with Crippen LogP contribution >= 0.6 is 44.2 Å². The van der Waals surface area contributed by atoms with Gasteiger partial charge in [-0.3, -0.25) is 0 Å². The van der Waals surface area contributed by atoms with Crippen molar-refractivity contribution in [3.63, 3.8) is 0 Å². The highest BCUT2D eigenvalue weighted by Crippen LogP contribution is 2.21. The summed E-state index contributed by atoms with van der Waals surface area (Å²) in [6, 6.07) is 0. The first-order valence-corrected chi connectivity index (χ1v) is 6.60. The maximum atomic E-state index is 10.3. The third-order valence-corrected chi connectivity index (χ3v) is 3.38. The van der Waals surface area contributed by atoms with Crippen molar-refractivity contribution >= 4 is 56.0 Å². The average Bonchev–Trinajstić information content (AvgIpc) is 1.96. The summed E-state index contributed by atoms with van der Waals surface area (Å²) >= 11 is 1.61. The highest BCUT2D eigenvalue weighted by molar-refractivity contribution is 14.1. The van der Waals surface area contributed by atoms with Crippen LogP contribution < -0.4 is 0 Å². The molecule has 0 N–H and O–H groups in total. The van der Waals surface area contributed by atoms with E-state index in [9.17, 15) is 4.79 Å². The number of carbonyl (C=O) groups is 1. The molecule has 0 atom stereocenters. The summed E-state index contributed by atoms with van der Waals surface area (Å²) in [5, 5.41) is 0. The topological polar surface area (TPSA) is 26.3 Å². The predicted octanol–water partition coefficient (Wildman–Crippen LogP) is 2.53. The molecule has 2 nitrogen and oxygen atoms in total. The molecule has 0 fully saturated rings. The molecule has 0 aliphatic rings. The van der Waals surface area contributed by atoms with Gasteiger partial charge in [-0.05, 0) is 5.75 Å². The van der Waals surface area contributed by atoms with Crippen LogP contribution in [0, 0.1) is 0 Å². The van der Waals surface area contributed by atoms with Crippen LogP contribution in [-0.4, -0.2) is 29.9 Å². The van der Waals surface area contributed by atoms with Gasteiger partial charge in [-0.2, -0.15) is 0 Å². The van der Waals surface area contributed by atoms with E-state index in [2.05, 4.69) is 0 Å². The van der Waals surface area contributed by atoms with E-state index < -0.39 is 0 Å². The van der Waals surface area contributed by atoms with Crippen LogP contribution in [0.4, 0.5) is 4.79 Å². The fourth-order valence-corrected chi connectivity index (χ4v) is 2.23. The summed E-state index contributed by atoms with van der Waals surface area (Å²) in [6.45, 7) is 0.490. The summed E-state index contributed by atoms with van der Waals surface area (Å²) in [6.07, 6.45) is 0.698. The SMILES string of the molecule is [B]CCSSCCOC(=O)I. The van der Waals surface area contributed by atoms with Gasteiger partial charge in [0.05, 0.1) is 30.4 Å². The van der Waals surface area contributed by atoms with Crippen molar-refractivity contribution in [2.75, 3.05) is 18.1 Å². The molecule has 62 valence electrons. The molecule has 0 aromatic rings. The minimum absolute atomic E-state index is 0.243. The van der Waals surface area contributed by atoms with E-state index in [0.717, 1.165) is 11.5 Å². The Kier molecular flexibility index (Phi) is 9.85. The molecule has 0 saturated carbocycles. The molecule has 0 aliphatic carbocycles. The van der Waals surface area contributed by atoms with Gasteiger partial charge in [0.15, 0.2) is 0 Å². The zero-order valence-electron chi connectivity index (χ0n) is 5.92. The minimum Gasteiger partial charge on any atom is -0.457 e. The van der Waals surface area contributed by atoms with Crippen molar-refractivity contribution in [3.8, 4) is 0 Å². The third-order valence-electron chi connectivity index (χ3n) is 0.667. The van der Waals surface area contributed by atoms with Crippen molar-refractivity contribution in [2.24, 2.45) is 0 Å². The van der Waals surface area contributed by atoms with Crippen molar-refractivity contribution in [1.82, 2.24) is 0 Å². The summed E-state index contributed by atoms with van der Waals surface area (Å²) in [4.78, 5) is 10.3. The lowest BCUT2D eigenvalue weighted by molar-refractivity contribution is 0.186. The van der Waals surface area contributed by atoms with Gasteiger partial charge in [-0.1, -0.05) is 27.9 Å². The number of carbonyl (C=O) groups excluding carboxylic acids is 1. The Morgan fingerprint density at radius 3 is 2.64 bits per heavy atom. The minimum atomic E-state index is -0.243. The van der Waals surface area contributed by atoms with E-state index in [1.165, 1.54) is 0 Å².